The smallest absolute Gasteiger partial charge is 0.227 e. The maximum Gasteiger partial charge on any atom is 0.227 e. The zero-order valence-electron chi connectivity index (χ0n) is 18.7. The largest absolute Gasteiger partial charge is 0.360 e. The first-order valence-electron chi connectivity index (χ1n) is 11.4. The van der Waals surface area contributed by atoms with Gasteiger partial charge in [0.25, 0.3) is 0 Å². The molecule has 1 saturated heterocycles. The van der Waals surface area contributed by atoms with Crippen molar-refractivity contribution >= 4 is 27.4 Å². The number of carbonyl (C=O) groups is 1. The van der Waals surface area contributed by atoms with Gasteiger partial charge in [0.15, 0.2) is 5.43 Å². The van der Waals surface area contributed by atoms with Gasteiger partial charge in [-0.1, -0.05) is 35.4 Å². The molecule has 5 nitrogen and oxygen atoms in total. The molecule has 168 valence electrons. The monoisotopic (exact) mass is 503 g/mol. The molecule has 1 aliphatic heterocycles. The number of benzene rings is 1. The molecule has 1 fully saturated rings. The van der Waals surface area contributed by atoms with E-state index in [0.717, 1.165) is 41.7 Å². The van der Waals surface area contributed by atoms with E-state index in [1.54, 1.807) is 18.6 Å². The van der Waals surface area contributed by atoms with Crippen molar-refractivity contribution < 1.29 is 4.79 Å². The van der Waals surface area contributed by atoms with Crippen LogP contribution in [0.3, 0.4) is 0 Å². The zero-order chi connectivity index (χ0) is 22.9. The summed E-state index contributed by atoms with van der Waals surface area (Å²) >= 11 is 3.41. The Morgan fingerprint density at radius 1 is 1.15 bits per heavy atom. The van der Waals surface area contributed by atoms with Crippen LogP contribution in [-0.4, -0.2) is 33.9 Å². The van der Waals surface area contributed by atoms with Crippen LogP contribution in [0.1, 0.15) is 46.4 Å². The first kappa shape index (κ1) is 21.8. The van der Waals surface area contributed by atoms with E-state index in [9.17, 15) is 9.59 Å². The van der Waals surface area contributed by atoms with Crippen LogP contribution < -0.4 is 5.43 Å². The Morgan fingerprint density at radius 3 is 2.73 bits per heavy atom. The van der Waals surface area contributed by atoms with E-state index in [2.05, 4.69) is 51.0 Å². The van der Waals surface area contributed by atoms with Crippen molar-refractivity contribution in [2.45, 2.75) is 39.0 Å². The van der Waals surface area contributed by atoms with Crippen molar-refractivity contribution in [3.8, 4) is 0 Å². The van der Waals surface area contributed by atoms with E-state index < -0.39 is 0 Å². The molecule has 5 rings (SSSR count). The Hall–Kier alpha value is -2.99. The summed E-state index contributed by atoms with van der Waals surface area (Å²) in [5, 5.41) is 0. The summed E-state index contributed by atoms with van der Waals surface area (Å²) in [5.41, 5.74) is 8.98. The van der Waals surface area contributed by atoms with Crippen molar-refractivity contribution in [2.75, 3.05) is 13.1 Å². The number of nitrogens with one attached hydrogen (secondary N) is 1. The number of aromatic nitrogens is 2. The molecule has 0 unspecified atom stereocenters. The summed E-state index contributed by atoms with van der Waals surface area (Å²) in [6.07, 6.45) is 8.78. The normalized spacial score (nSPS) is 15.6. The highest BCUT2D eigenvalue weighted by molar-refractivity contribution is 9.10. The summed E-state index contributed by atoms with van der Waals surface area (Å²) in [7, 11) is 0. The fourth-order valence-corrected chi connectivity index (χ4v) is 5.36. The van der Waals surface area contributed by atoms with Gasteiger partial charge in [-0.25, -0.2) is 0 Å². The summed E-state index contributed by atoms with van der Waals surface area (Å²) in [4.78, 5) is 35.3. The van der Waals surface area contributed by atoms with Gasteiger partial charge in [0, 0.05) is 42.8 Å². The fraction of sp³-hybridized carbons (Fsp3) is 0.296. The number of nitrogens with zero attached hydrogens (tertiary/aromatic N) is 2. The molecule has 3 heterocycles. The predicted molar refractivity (Wildman–Crippen MR) is 133 cm³/mol. The first-order chi connectivity index (χ1) is 16.0. The third-order valence-corrected chi connectivity index (χ3v) is 7.30. The molecule has 3 aromatic rings. The van der Waals surface area contributed by atoms with E-state index in [1.165, 1.54) is 22.3 Å². The van der Waals surface area contributed by atoms with Crippen molar-refractivity contribution in [2.24, 2.45) is 0 Å². The van der Waals surface area contributed by atoms with Gasteiger partial charge in [0.05, 0.1) is 16.6 Å². The minimum absolute atomic E-state index is 0.0652. The van der Waals surface area contributed by atoms with Gasteiger partial charge in [0.2, 0.25) is 5.91 Å². The number of aromatic amines is 1. The molecule has 0 bridgehead atoms. The van der Waals surface area contributed by atoms with E-state index in [4.69, 9.17) is 0 Å². The summed E-state index contributed by atoms with van der Waals surface area (Å²) in [5.74, 6) is 0.140. The van der Waals surface area contributed by atoms with Gasteiger partial charge >= 0.3 is 0 Å². The number of likely N-dealkylation sites (tertiary alicyclic amines) is 1. The number of H-pyrrole nitrogens is 1. The summed E-state index contributed by atoms with van der Waals surface area (Å²) < 4.78 is 0.573. The number of hydrogen-bond acceptors (Lipinski definition) is 3. The molecular weight excluding hydrogens is 478 g/mol. The third-order valence-electron chi connectivity index (χ3n) is 6.71. The van der Waals surface area contributed by atoms with Gasteiger partial charge in [0.1, 0.15) is 0 Å². The average molecular weight is 504 g/mol. The van der Waals surface area contributed by atoms with Crippen molar-refractivity contribution in [1.82, 2.24) is 14.9 Å². The van der Waals surface area contributed by atoms with Crippen LogP contribution in [-0.2, 0) is 24.1 Å². The minimum atomic E-state index is 0.0652. The number of carbonyl (C=O) groups excluding carboxylic acids is 1. The number of aryl methyl sites for hydroxylation is 2. The van der Waals surface area contributed by atoms with E-state index in [0.29, 0.717) is 30.4 Å². The number of fused-ring (bicyclic) bond motifs is 2. The lowest BCUT2D eigenvalue weighted by Crippen LogP contribution is -2.37. The van der Waals surface area contributed by atoms with Gasteiger partial charge in [-0.05, 0) is 71.3 Å². The zero-order valence-corrected chi connectivity index (χ0v) is 20.2. The third kappa shape index (κ3) is 4.32. The number of piperidine rings is 1. The maximum atomic E-state index is 13.0. The number of rotatable bonds is 2. The fourth-order valence-electron chi connectivity index (χ4n) is 5.01. The van der Waals surface area contributed by atoms with Crippen LogP contribution in [0.5, 0.6) is 0 Å². The van der Waals surface area contributed by atoms with Crippen molar-refractivity contribution in [1.29, 1.82) is 0 Å². The second-order valence-electron chi connectivity index (χ2n) is 8.88. The second kappa shape index (κ2) is 9.10. The van der Waals surface area contributed by atoms with Crippen LogP contribution >= 0.6 is 15.9 Å². The molecule has 0 spiro atoms. The van der Waals surface area contributed by atoms with Crippen LogP contribution in [0.15, 0.2) is 63.8 Å². The molecule has 1 aromatic carbocycles. The predicted octanol–water partition coefficient (Wildman–Crippen LogP) is 4.61. The van der Waals surface area contributed by atoms with Gasteiger partial charge in [-0.15, -0.1) is 0 Å². The maximum absolute atomic E-state index is 13.0. The van der Waals surface area contributed by atoms with Crippen molar-refractivity contribution in [3.05, 3.63) is 103 Å². The highest BCUT2D eigenvalue weighted by Crippen LogP contribution is 2.37. The Bertz CT molecular complexity index is 1300. The Balaban J connectivity index is 1.49. The van der Waals surface area contributed by atoms with Crippen LogP contribution in [0.25, 0.3) is 5.57 Å². The molecule has 1 amide bonds. The summed E-state index contributed by atoms with van der Waals surface area (Å²) in [6.45, 7) is 3.49. The lowest BCUT2D eigenvalue weighted by Gasteiger charge is -2.30. The van der Waals surface area contributed by atoms with Gasteiger partial charge in [-0.3, -0.25) is 14.6 Å². The number of pyridine rings is 2. The van der Waals surface area contributed by atoms with E-state index in [1.807, 2.05) is 17.0 Å². The van der Waals surface area contributed by atoms with Crippen LogP contribution in [0.2, 0.25) is 0 Å². The van der Waals surface area contributed by atoms with Gasteiger partial charge < -0.3 is 9.88 Å². The molecule has 2 aromatic heterocycles. The highest BCUT2D eigenvalue weighted by Gasteiger charge is 2.27. The molecule has 1 N–H and O–H groups in total. The molecule has 2 aliphatic rings. The van der Waals surface area contributed by atoms with Gasteiger partial charge in [-0.2, -0.15) is 0 Å². The molecule has 1 aliphatic carbocycles. The van der Waals surface area contributed by atoms with Crippen molar-refractivity contribution in [3.63, 3.8) is 0 Å². The Kier molecular flexibility index (Phi) is 6.02. The molecule has 33 heavy (non-hydrogen) atoms. The average Bonchev–Trinajstić information content (AvgIpc) is 2.99. The first-order valence-corrected chi connectivity index (χ1v) is 12.2. The second-order valence-corrected chi connectivity index (χ2v) is 9.73. The highest BCUT2D eigenvalue weighted by atomic mass is 79.9. The topological polar surface area (TPSA) is 66.1 Å². The molecule has 0 saturated carbocycles. The van der Waals surface area contributed by atoms with Crippen LogP contribution in [0.4, 0.5) is 0 Å². The molecule has 0 radical (unpaired) electrons. The quantitative estimate of drug-likeness (QED) is 0.555. The van der Waals surface area contributed by atoms with Crippen LogP contribution in [0, 0.1) is 6.92 Å². The Labute approximate surface area is 201 Å². The summed E-state index contributed by atoms with van der Waals surface area (Å²) in [6, 6.07) is 10.4. The Morgan fingerprint density at radius 2 is 1.97 bits per heavy atom. The molecular formula is C27H26BrN3O2. The standard InChI is InChI=1S/C27H26BrN3O2/c1-17-4-6-21-20(13-17)5-7-22-26(30-16-23(28)27(22)33)25(21)19-8-11-31(12-9-19)24(32)14-18-3-2-10-29-15-18/h2-4,6,10,13,15-16H,5,7-9,11-12,14H2,1H3,(H,30,33). The minimum Gasteiger partial charge on any atom is -0.360 e. The van der Waals surface area contributed by atoms with E-state index >= 15 is 0 Å². The number of halogens is 1. The molecule has 0 atom stereocenters. The number of hydrogen-bond donors (Lipinski definition) is 1. The lowest BCUT2D eigenvalue weighted by molar-refractivity contribution is -0.130. The number of amides is 1. The SMILES string of the molecule is Cc1ccc2c(c1)CCc1c([nH]cc(Br)c1=O)C2=C1CCN(C(=O)Cc2cccnc2)CC1. The molecule has 6 heteroatoms. The lowest BCUT2D eigenvalue weighted by atomic mass is 9.88. The van der Waals surface area contributed by atoms with E-state index in [-0.39, 0.29) is 11.3 Å².